The van der Waals surface area contributed by atoms with Crippen molar-refractivity contribution in [3.8, 4) is 0 Å². The van der Waals surface area contributed by atoms with Crippen molar-refractivity contribution in [2.24, 2.45) is 5.92 Å². The Morgan fingerprint density at radius 2 is 2.28 bits per heavy atom. The number of aromatic nitrogens is 2. The standard InChI is InChI=1S/C19H28N4OS/c1-2-12-25-13-6-10-20-18(24)15-7-5-11-23(14-15)19-21-16-8-3-4-9-17(16)22-19/h3-4,8-9,15H,2,5-7,10-14H2,1H3,(H,20,24)(H,21,22). The molecule has 1 fully saturated rings. The molecule has 0 aliphatic carbocycles. The maximum atomic E-state index is 12.5. The Kier molecular flexibility index (Phi) is 6.62. The normalized spacial score (nSPS) is 17.8. The zero-order valence-electron chi connectivity index (χ0n) is 15.0. The average Bonchev–Trinajstić information content (AvgIpc) is 3.09. The summed E-state index contributed by atoms with van der Waals surface area (Å²) in [6.45, 7) is 4.69. The molecule has 0 spiro atoms. The molecule has 1 atom stereocenters. The van der Waals surface area contributed by atoms with Gasteiger partial charge in [-0.15, -0.1) is 0 Å². The third-order valence-electron chi connectivity index (χ3n) is 4.58. The van der Waals surface area contributed by atoms with Crippen molar-refractivity contribution in [1.82, 2.24) is 15.3 Å². The first-order chi connectivity index (χ1) is 12.3. The molecule has 3 rings (SSSR count). The number of carbonyl (C=O) groups excluding carboxylic acids is 1. The topological polar surface area (TPSA) is 61.0 Å². The summed E-state index contributed by atoms with van der Waals surface area (Å²) in [4.78, 5) is 22.7. The third-order valence-corrected chi connectivity index (χ3v) is 5.86. The van der Waals surface area contributed by atoms with Gasteiger partial charge in [-0.25, -0.2) is 4.98 Å². The van der Waals surface area contributed by atoms with Crippen LogP contribution in [0.5, 0.6) is 0 Å². The lowest BCUT2D eigenvalue weighted by atomic mass is 9.97. The Balaban J connectivity index is 1.49. The lowest BCUT2D eigenvalue weighted by Gasteiger charge is -2.31. The summed E-state index contributed by atoms with van der Waals surface area (Å²) < 4.78 is 0. The second-order valence-corrected chi connectivity index (χ2v) is 7.84. The third kappa shape index (κ3) is 4.91. The fourth-order valence-electron chi connectivity index (χ4n) is 3.25. The summed E-state index contributed by atoms with van der Waals surface area (Å²) in [6, 6.07) is 8.06. The number of nitrogens with one attached hydrogen (secondary N) is 2. The number of anilines is 1. The molecule has 1 unspecified atom stereocenters. The van der Waals surface area contributed by atoms with Gasteiger partial charge in [0.1, 0.15) is 0 Å². The molecule has 5 nitrogen and oxygen atoms in total. The summed E-state index contributed by atoms with van der Waals surface area (Å²) in [6.07, 6.45) is 4.27. The van der Waals surface area contributed by atoms with Gasteiger partial charge in [0.2, 0.25) is 11.9 Å². The number of imidazole rings is 1. The second kappa shape index (κ2) is 9.13. The van der Waals surface area contributed by atoms with Crippen LogP contribution in [0.2, 0.25) is 0 Å². The fraction of sp³-hybridized carbons (Fsp3) is 0.579. The number of para-hydroxylation sites is 2. The van der Waals surface area contributed by atoms with Crippen LogP contribution in [0.15, 0.2) is 24.3 Å². The van der Waals surface area contributed by atoms with Crippen LogP contribution in [0, 0.1) is 5.92 Å². The summed E-state index contributed by atoms with van der Waals surface area (Å²) >= 11 is 1.97. The van der Waals surface area contributed by atoms with E-state index in [1.807, 2.05) is 36.0 Å². The van der Waals surface area contributed by atoms with E-state index in [1.54, 1.807) is 0 Å². The molecule has 1 aliphatic rings. The van der Waals surface area contributed by atoms with Crippen molar-refractivity contribution < 1.29 is 4.79 Å². The molecule has 1 saturated heterocycles. The maximum Gasteiger partial charge on any atom is 0.224 e. The zero-order valence-corrected chi connectivity index (χ0v) is 15.8. The number of thioether (sulfide) groups is 1. The van der Waals surface area contributed by atoms with Gasteiger partial charge in [0.25, 0.3) is 0 Å². The van der Waals surface area contributed by atoms with Gasteiger partial charge >= 0.3 is 0 Å². The minimum atomic E-state index is 0.0604. The number of hydrogen-bond acceptors (Lipinski definition) is 4. The Bertz CT molecular complexity index is 654. The van der Waals surface area contributed by atoms with E-state index in [-0.39, 0.29) is 11.8 Å². The number of piperidine rings is 1. The van der Waals surface area contributed by atoms with Crippen LogP contribution in [0.1, 0.15) is 32.6 Å². The van der Waals surface area contributed by atoms with Crippen LogP contribution in [0.25, 0.3) is 11.0 Å². The lowest BCUT2D eigenvalue weighted by Crippen LogP contribution is -2.43. The van der Waals surface area contributed by atoms with E-state index < -0.39 is 0 Å². The van der Waals surface area contributed by atoms with Crippen LogP contribution in [-0.4, -0.2) is 47.0 Å². The van der Waals surface area contributed by atoms with E-state index in [1.165, 1.54) is 12.2 Å². The first-order valence-corrected chi connectivity index (χ1v) is 10.5. The van der Waals surface area contributed by atoms with Crippen LogP contribution in [-0.2, 0) is 4.79 Å². The Hall–Kier alpha value is -1.69. The molecule has 2 N–H and O–H groups in total. The molecular weight excluding hydrogens is 332 g/mol. The highest BCUT2D eigenvalue weighted by atomic mass is 32.2. The molecule has 0 saturated carbocycles. The minimum absolute atomic E-state index is 0.0604. The number of rotatable bonds is 8. The maximum absolute atomic E-state index is 12.5. The van der Waals surface area contributed by atoms with Gasteiger partial charge in [0.05, 0.1) is 17.0 Å². The largest absolute Gasteiger partial charge is 0.356 e. The highest BCUT2D eigenvalue weighted by Gasteiger charge is 2.27. The van der Waals surface area contributed by atoms with Crippen molar-refractivity contribution in [2.75, 3.05) is 36.0 Å². The molecule has 6 heteroatoms. The molecule has 25 heavy (non-hydrogen) atoms. The number of amides is 1. The minimum Gasteiger partial charge on any atom is -0.356 e. The lowest BCUT2D eigenvalue weighted by molar-refractivity contribution is -0.125. The molecule has 1 aliphatic heterocycles. The number of fused-ring (bicyclic) bond motifs is 1. The Morgan fingerprint density at radius 1 is 1.40 bits per heavy atom. The number of carbonyl (C=O) groups is 1. The quantitative estimate of drug-likeness (QED) is 0.708. The Morgan fingerprint density at radius 3 is 3.12 bits per heavy atom. The molecule has 1 amide bonds. The monoisotopic (exact) mass is 360 g/mol. The zero-order chi connectivity index (χ0) is 17.5. The predicted molar refractivity (Wildman–Crippen MR) is 106 cm³/mol. The van der Waals surface area contributed by atoms with E-state index in [4.69, 9.17) is 0 Å². The number of benzene rings is 1. The average molecular weight is 361 g/mol. The number of aromatic amines is 1. The summed E-state index contributed by atoms with van der Waals surface area (Å²) in [5.41, 5.74) is 2.03. The summed E-state index contributed by atoms with van der Waals surface area (Å²) in [7, 11) is 0. The van der Waals surface area contributed by atoms with Gasteiger partial charge < -0.3 is 15.2 Å². The summed E-state index contributed by atoms with van der Waals surface area (Å²) in [5.74, 6) is 3.48. The molecule has 2 heterocycles. The van der Waals surface area contributed by atoms with Gasteiger partial charge in [0, 0.05) is 19.6 Å². The van der Waals surface area contributed by atoms with E-state index in [9.17, 15) is 4.79 Å². The number of H-pyrrole nitrogens is 1. The van der Waals surface area contributed by atoms with Crippen molar-refractivity contribution in [3.05, 3.63) is 24.3 Å². The molecule has 1 aromatic carbocycles. The van der Waals surface area contributed by atoms with Crippen LogP contribution < -0.4 is 10.2 Å². The van der Waals surface area contributed by atoms with Gasteiger partial charge in [-0.2, -0.15) is 11.8 Å². The van der Waals surface area contributed by atoms with Crippen molar-refractivity contribution in [3.63, 3.8) is 0 Å². The van der Waals surface area contributed by atoms with Crippen molar-refractivity contribution in [2.45, 2.75) is 32.6 Å². The van der Waals surface area contributed by atoms with Crippen LogP contribution >= 0.6 is 11.8 Å². The van der Waals surface area contributed by atoms with Gasteiger partial charge in [-0.05, 0) is 49.3 Å². The molecule has 136 valence electrons. The predicted octanol–water partition coefficient (Wildman–Crippen LogP) is 3.43. The van der Waals surface area contributed by atoms with Gasteiger partial charge in [0.15, 0.2) is 0 Å². The van der Waals surface area contributed by atoms with E-state index in [0.717, 1.165) is 61.6 Å². The van der Waals surface area contributed by atoms with Crippen LogP contribution in [0.3, 0.4) is 0 Å². The van der Waals surface area contributed by atoms with Crippen LogP contribution in [0.4, 0.5) is 5.95 Å². The SMILES string of the molecule is CCCSCCCNC(=O)C1CCCN(c2nc3ccccc3[nH]2)C1. The van der Waals surface area contributed by atoms with Gasteiger partial charge in [-0.3, -0.25) is 4.79 Å². The number of hydrogen-bond donors (Lipinski definition) is 2. The molecule has 1 aromatic heterocycles. The molecule has 2 aromatic rings. The highest BCUT2D eigenvalue weighted by molar-refractivity contribution is 7.99. The smallest absolute Gasteiger partial charge is 0.224 e. The molecule has 0 bridgehead atoms. The van der Waals surface area contributed by atoms with Crippen molar-refractivity contribution >= 4 is 34.7 Å². The van der Waals surface area contributed by atoms with E-state index >= 15 is 0 Å². The number of nitrogens with zero attached hydrogens (tertiary/aromatic N) is 2. The van der Waals surface area contributed by atoms with Crippen molar-refractivity contribution in [1.29, 1.82) is 0 Å². The first-order valence-electron chi connectivity index (χ1n) is 9.33. The molecule has 0 radical (unpaired) electrons. The summed E-state index contributed by atoms with van der Waals surface area (Å²) in [5, 5.41) is 3.12. The Labute approximate surface area is 154 Å². The second-order valence-electron chi connectivity index (χ2n) is 6.62. The van der Waals surface area contributed by atoms with Gasteiger partial charge in [-0.1, -0.05) is 19.1 Å². The van der Waals surface area contributed by atoms with E-state index in [0.29, 0.717) is 0 Å². The molecular formula is C19H28N4OS. The first kappa shape index (κ1) is 18.1. The highest BCUT2D eigenvalue weighted by Crippen LogP contribution is 2.23. The van der Waals surface area contributed by atoms with E-state index in [2.05, 4.69) is 27.1 Å². The fourth-order valence-corrected chi connectivity index (χ4v) is 4.09.